The number of likely N-dealkylation sites (N-methyl/N-ethyl adjacent to an activating group) is 2. The van der Waals surface area contributed by atoms with Gasteiger partial charge in [0.25, 0.3) is 11.5 Å². The smallest absolute Gasteiger partial charge is 0.270 e. The maximum absolute atomic E-state index is 13.0. The van der Waals surface area contributed by atoms with E-state index in [2.05, 4.69) is 22.8 Å². The molecule has 2 aliphatic rings. The second-order valence-electron chi connectivity index (χ2n) is 7.25. The minimum atomic E-state index is -0.274. The normalized spacial score (nSPS) is 19.1. The number of carbonyl (C=O) groups excluding carboxylic acids is 1. The lowest BCUT2D eigenvalue weighted by Gasteiger charge is -2.37. The fourth-order valence-corrected chi connectivity index (χ4v) is 5.32. The maximum Gasteiger partial charge on any atom is 0.270 e. The first kappa shape index (κ1) is 22.5. The molecule has 1 aromatic rings. The molecule has 0 bridgehead atoms. The number of amides is 1. The lowest BCUT2D eigenvalue weighted by Crippen LogP contribution is -2.48. The van der Waals surface area contributed by atoms with E-state index in [9.17, 15) is 14.9 Å². The van der Waals surface area contributed by atoms with Crippen LogP contribution >= 0.6 is 24.0 Å². The highest BCUT2D eigenvalue weighted by atomic mass is 32.2. The fourth-order valence-electron chi connectivity index (χ4n) is 3.96. The van der Waals surface area contributed by atoms with Crippen LogP contribution in [0.15, 0.2) is 9.70 Å². The highest BCUT2D eigenvalue weighted by molar-refractivity contribution is 8.26. The van der Waals surface area contributed by atoms with E-state index >= 15 is 0 Å². The molecule has 0 aromatic carbocycles. The summed E-state index contributed by atoms with van der Waals surface area (Å²) in [5.41, 5.74) is 1.23. The molecule has 0 spiro atoms. The van der Waals surface area contributed by atoms with Crippen molar-refractivity contribution in [2.45, 2.75) is 34.2 Å². The van der Waals surface area contributed by atoms with E-state index in [1.807, 2.05) is 19.9 Å². The van der Waals surface area contributed by atoms with Crippen molar-refractivity contribution in [1.82, 2.24) is 14.4 Å². The molecule has 0 radical (unpaired) electrons. The minimum Gasteiger partial charge on any atom is -0.355 e. The van der Waals surface area contributed by atoms with Crippen LogP contribution in [-0.2, 0) is 11.3 Å². The molecular formula is C21H27N5O2S2. The van der Waals surface area contributed by atoms with Gasteiger partial charge in [-0.25, -0.2) is 0 Å². The summed E-state index contributed by atoms with van der Waals surface area (Å²) in [4.78, 5) is 32.5. The van der Waals surface area contributed by atoms with Gasteiger partial charge in [0.1, 0.15) is 21.8 Å². The number of carbonyl (C=O) groups is 1. The Morgan fingerprint density at radius 1 is 1.10 bits per heavy atom. The Morgan fingerprint density at radius 3 is 2.27 bits per heavy atom. The summed E-state index contributed by atoms with van der Waals surface area (Å²) in [5.74, 6) is 0.665. The van der Waals surface area contributed by atoms with E-state index in [1.54, 1.807) is 16.4 Å². The van der Waals surface area contributed by atoms with Crippen molar-refractivity contribution in [3.63, 3.8) is 0 Å². The lowest BCUT2D eigenvalue weighted by atomic mass is 10.0. The SMILES string of the molecule is CCN1CCN(c2c(/C=C3\SC(=S)N(CC)C3=O)c(C)c(C#N)c(=O)n2CC)CC1. The average molecular weight is 446 g/mol. The summed E-state index contributed by atoms with van der Waals surface area (Å²) >= 11 is 6.62. The van der Waals surface area contributed by atoms with Crippen molar-refractivity contribution in [3.8, 4) is 6.07 Å². The molecular weight excluding hydrogens is 418 g/mol. The number of thioether (sulfide) groups is 1. The van der Waals surface area contributed by atoms with E-state index in [4.69, 9.17) is 12.2 Å². The molecule has 9 heteroatoms. The molecule has 0 saturated carbocycles. The number of thiocarbonyl (C=S) groups is 1. The highest BCUT2D eigenvalue weighted by Crippen LogP contribution is 2.35. The van der Waals surface area contributed by atoms with Crippen molar-refractivity contribution < 1.29 is 4.79 Å². The molecule has 30 heavy (non-hydrogen) atoms. The summed E-state index contributed by atoms with van der Waals surface area (Å²) < 4.78 is 2.20. The van der Waals surface area contributed by atoms with Gasteiger partial charge in [-0.2, -0.15) is 5.26 Å². The Hall–Kier alpha value is -2.15. The topological polar surface area (TPSA) is 72.6 Å². The monoisotopic (exact) mass is 445 g/mol. The first-order valence-corrected chi connectivity index (χ1v) is 11.5. The maximum atomic E-state index is 13.0. The van der Waals surface area contributed by atoms with Crippen LogP contribution < -0.4 is 10.5 Å². The first-order valence-electron chi connectivity index (χ1n) is 10.3. The van der Waals surface area contributed by atoms with Crippen molar-refractivity contribution >= 4 is 46.1 Å². The molecule has 0 aliphatic carbocycles. The number of anilines is 1. The summed E-state index contributed by atoms with van der Waals surface area (Å²) in [7, 11) is 0. The molecule has 1 amide bonds. The second kappa shape index (κ2) is 9.33. The van der Waals surface area contributed by atoms with E-state index in [1.165, 1.54) is 11.8 Å². The van der Waals surface area contributed by atoms with Crippen LogP contribution in [0.5, 0.6) is 0 Å². The number of aromatic nitrogens is 1. The molecule has 0 unspecified atom stereocenters. The lowest BCUT2D eigenvalue weighted by molar-refractivity contribution is -0.121. The van der Waals surface area contributed by atoms with Gasteiger partial charge in [0.15, 0.2) is 0 Å². The number of piperazine rings is 1. The number of hydrogen-bond acceptors (Lipinski definition) is 7. The van der Waals surface area contributed by atoms with Crippen LogP contribution in [0, 0.1) is 18.3 Å². The van der Waals surface area contributed by atoms with Gasteiger partial charge < -0.3 is 9.80 Å². The van der Waals surface area contributed by atoms with Crippen LogP contribution in [0.25, 0.3) is 6.08 Å². The van der Waals surface area contributed by atoms with Crippen LogP contribution in [0.1, 0.15) is 37.5 Å². The van der Waals surface area contributed by atoms with E-state index in [0.29, 0.717) is 27.9 Å². The number of nitrogens with zero attached hydrogens (tertiary/aromatic N) is 5. The summed E-state index contributed by atoms with van der Waals surface area (Å²) in [6.45, 7) is 13.1. The Kier molecular flexibility index (Phi) is 7.01. The Bertz CT molecular complexity index is 1000. The van der Waals surface area contributed by atoms with E-state index < -0.39 is 0 Å². The third-order valence-electron chi connectivity index (χ3n) is 5.75. The van der Waals surface area contributed by atoms with Crippen molar-refractivity contribution in [2.24, 2.45) is 0 Å². The predicted octanol–water partition coefficient (Wildman–Crippen LogP) is 2.41. The molecule has 2 aliphatic heterocycles. The number of hydrogen-bond donors (Lipinski definition) is 0. The number of nitriles is 1. The quantitative estimate of drug-likeness (QED) is 0.509. The third-order valence-corrected chi connectivity index (χ3v) is 7.12. The molecule has 3 heterocycles. The summed E-state index contributed by atoms with van der Waals surface area (Å²) in [6, 6.07) is 2.07. The van der Waals surface area contributed by atoms with Crippen LogP contribution in [-0.4, -0.2) is 63.9 Å². The van der Waals surface area contributed by atoms with Gasteiger partial charge in [-0.15, -0.1) is 0 Å². The van der Waals surface area contributed by atoms with Gasteiger partial charge in [0, 0.05) is 44.8 Å². The Balaban J connectivity index is 2.20. The molecule has 2 saturated heterocycles. The van der Waals surface area contributed by atoms with Gasteiger partial charge in [0.2, 0.25) is 0 Å². The van der Waals surface area contributed by atoms with Gasteiger partial charge in [-0.3, -0.25) is 19.1 Å². The van der Waals surface area contributed by atoms with Gasteiger partial charge in [-0.05, 0) is 39.0 Å². The van der Waals surface area contributed by atoms with E-state index in [-0.39, 0.29) is 17.0 Å². The molecule has 160 valence electrons. The minimum absolute atomic E-state index is 0.124. The zero-order chi connectivity index (χ0) is 22.0. The first-order chi connectivity index (χ1) is 14.4. The molecule has 3 rings (SSSR count). The van der Waals surface area contributed by atoms with Crippen molar-refractivity contribution in [2.75, 3.05) is 44.2 Å². The zero-order valence-corrected chi connectivity index (χ0v) is 19.5. The standard InChI is InChI=1S/C21H27N5O2S2/c1-5-23-8-10-24(11-9-23)18-15(12-17-20(28)26(7-3)21(29)30-17)14(4)16(13-22)19(27)25(18)6-2/h12H,5-11H2,1-4H3/b17-12-. The van der Waals surface area contributed by atoms with Crippen molar-refractivity contribution in [1.29, 1.82) is 5.26 Å². The predicted molar refractivity (Wildman–Crippen MR) is 126 cm³/mol. The summed E-state index contributed by atoms with van der Waals surface area (Å²) in [6.07, 6.45) is 1.82. The van der Waals surface area contributed by atoms with Crippen LogP contribution in [0.2, 0.25) is 0 Å². The summed E-state index contributed by atoms with van der Waals surface area (Å²) in [5, 5.41) is 9.64. The molecule has 0 N–H and O–H groups in total. The van der Waals surface area contributed by atoms with E-state index in [0.717, 1.165) is 44.1 Å². The Labute approximate surface area is 186 Å². The second-order valence-corrected chi connectivity index (χ2v) is 8.92. The fraction of sp³-hybridized carbons (Fsp3) is 0.524. The van der Waals surface area contributed by atoms with Crippen LogP contribution in [0.4, 0.5) is 5.82 Å². The largest absolute Gasteiger partial charge is 0.355 e. The van der Waals surface area contributed by atoms with Crippen molar-refractivity contribution in [3.05, 3.63) is 31.9 Å². The molecule has 0 atom stereocenters. The average Bonchev–Trinajstić information content (AvgIpc) is 3.02. The van der Waals surface area contributed by atoms with Gasteiger partial charge in [0.05, 0.1) is 4.91 Å². The Morgan fingerprint density at radius 2 is 1.77 bits per heavy atom. The molecule has 1 aromatic heterocycles. The third kappa shape index (κ3) is 3.92. The highest BCUT2D eigenvalue weighted by Gasteiger charge is 2.32. The van der Waals surface area contributed by atoms with Gasteiger partial charge >= 0.3 is 0 Å². The molecule has 7 nitrogen and oxygen atoms in total. The zero-order valence-electron chi connectivity index (χ0n) is 17.9. The molecule has 2 fully saturated rings. The number of rotatable bonds is 5. The number of pyridine rings is 1. The van der Waals surface area contributed by atoms with Crippen LogP contribution in [0.3, 0.4) is 0 Å². The van der Waals surface area contributed by atoms with Gasteiger partial charge in [-0.1, -0.05) is 30.9 Å².